The minimum absolute atomic E-state index is 0.00996. The zero-order valence-corrected chi connectivity index (χ0v) is 14.8. The lowest BCUT2D eigenvalue weighted by Crippen LogP contribution is -2.27. The van der Waals surface area contributed by atoms with Gasteiger partial charge in [-0.25, -0.2) is 4.98 Å². The Kier molecular flexibility index (Phi) is 6.59. The Balaban J connectivity index is 1.62. The third-order valence-corrected chi connectivity index (χ3v) is 4.34. The molecule has 2 aromatic rings. The highest BCUT2D eigenvalue weighted by Crippen LogP contribution is 2.18. The largest absolute Gasteiger partial charge is 0.493 e. The van der Waals surface area contributed by atoms with Crippen molar-refractivity contribution in [2.75, 3.05) is 13.2 Å². The molecule has 5 heteroatoms. The van der Waals surface area contributed by atoms with Crippen LogP contribution in [0, 0.1) is 6.92 Å². The second kappa shape index (κ2) is 8.67. The lowest BCUT2D eigenvalue weighted by Gasteiger charge is -2.09. The molecular weight excluding hydrogens is 308 g/mol. The third kappa shape index (κ3) is 6.02. The van der Waals surface area contributed by atoms with Crippen LogP contribution in [0.25, 0.3) is 0 Å². The van der Waals surface area contributed by atoms with Crippen LogP contribution in [0.4, 0.5) is 0 Å². The summed E-state index contributed by atoms with van der Waals surface area (Å²) < 4.78 is 5.61. The predicted molar refractivity (Wildman–Crippen MR) is 94.2 cm³/mol. The molecule has 0 unspecified atom stereocenters. The van der Waals surface area contributed by atoms with Gasteiger partial charge in [0.05, 0.1) is 23.7 Å². The first-order valence-electron chi connectivity index (χ1n) is 7.95. The van der Waals surface area contributed by atoms with Crippen LogP contribution in [0.15, 0.2) is 29.6 Å². The fourth-order valence-corrected chi connectivity index (χ4v) is 2.80. The molecule has 0 saturated heterocycles. The van der Waals surface area contributed by atoms with E-state index >= 15 is 0 Å². The second-order valence-electron chi connectivity index (χ2n) is 5.78. The Hall–Kier alpha value is -1.88. The van der Waals surface area contributed by atoms with Gasteiger partial charge in [0.15, 0.2) is 0 Å². The van der Waals surface area contributed by atoms with Gasteiger partial charge in [0.2, 0.25) is 5.91 Å². The topological polar surface area (TPSA) is 51.2 Å². The lowest BCUT2D eigenvalue weighted by atomic mass is 10.0. The molecule has 0 saturated carbocycles. The van der Waals surface area contributed by atoms with Gasteiger partial charge < -0.3 is 10.1 Å². The average Bonchev–Trinajstić information content (AvgIpc) is 2.93. The molecule has 1 N–H and O–H groups in total. The Bertz CT molecular complexity index is 620. The number of hydrogen-bond donors (Lipinski definition) is 1. The van der Waals surface area contributed by atoms with Crippen LogP contribution >= 0.6 is 11.3 Å². The van der Waals surface area contributed by atoms with Gasteiger partial charge in [0.25, 0.3) is 0 Å². The molecule has 23 heavy (non-hydrogen) atoms. The second-order valence-corrected chi connectivity index (χ2v) is 6.84. The summed E-state index contributed by atoms with van der Waals surface area (Å²) in [6, 6.07) is 8.04. The Morgan fingerprint density at radius 2 is 2.04 bits per heavy atom. The zero-order chi connectivity index (χ0) is 16.7. The van der Waals surface area contributed by atoms with Crippen LogP contribution in [-0.4, -0.2) is 24.0 Å². The number of aryl methyl sites for hydroxylation is 1. The maximum absolute atomic E-state index is 11.8. The van der Waals surface area contributed by atoms with E-state index in [9.17, 15) is 4.79 Å². The van der Waals surface area contributed by atoms with Crippen LogP contribution in [0.5, 0.6) is 5.75 Å². The van der Waals surface area contributed by atoms with Crippen molar-refractivity contribution in [3.8, 4) is 5.75 Å². The molecule has 124 valence electrons. The highest BCUT2D eigenvalue weighted by atomic mass is 32.1. The van der Waals surface area contributed by atoms with Crippen molar-refractivity contribution < 1.29 is 9.53 Å². The van der Waals surface area contributed by atoms with E-state index < -0.39 is 0 Å². The van der Waals surface area contributed by atoms with E-state index in [0.29, 0.717) is 25.5 Å². The number of nitrogens with one attached hydrogen (secondary N) is 1. The number of hydrogen-bond acceptors (Lipinski definition) is 4. The molecular formula is C18H24N2O2S. The van der Waals surface area contributed by atoms with Gasteiger partial charge in [0.1, 0.15) is 5.75 Å². The van der Waals surface area contributed by atoms with Crippen molar-refractivity contribution in [3.05, 3.63) is 45.9 Å². The SMILES string of the molecule is Cc1nc(CCNC(=O)CCOc2ccc(C(C)C)cc2)cs1. The zero-order valence-electron chi connectivity index (χ0n) is 14.0. The van der Waals surface area contributed by atoms with Gasteiger partial charge in [-0.1, -0.05) is 26.0 Å². The summed E-state index contributed by atoms with van der Waals surface area (Å²) in [7, 11) is 0. The quantitative estimate of drug-likeness (QED) is 0.802. The molecule has 1 aromatic carbocycles. The van der Waals surface area contributed by atoms with Gasteiger partial charge in [-0.15, -0.1) is 11.3 Å². The summed E-state index contributed by atoms with van der Waals surface area (Å²) >= 11 is 1.63. The molecule has 1 amide bonds. The number of nitrogens with zero attached hydrogens (tertiary/aromatic N) is 1. The molecule has 0 fully saturated rings. The van der Waals surface area contributed by atoms with E-state index in [1.807, 2.05) is 24.4 Å². The van der Waals surface area contributed by atoms with Crippen molar-refractivity contribution in [1.82, 2.24) is 10.3 Å². The van der Waals surface area contributed by atoms with Gasteiger partial charge in [-0.2, -0.15) is 0 Å². The van der Waals surface area contributed by atoms with Crippen LogP contribution in [0.3, 0.4) is 0 Å². The standard InChI is InChI=1S/C18H24N2O2S/c1-13(2)15-4-6-17(7-5-15)22-11-9-18(21)19-10-8-16-12-23-14(3)20-16/h4-7,12-13H,8-11H2,1-3H3,(H,19,21). The maximum Gasteiger partial charge on any atom is 0.223 e. The van der Waals surface area contributed by atoms with Crippen molar-refractivity contribution in [1.29, 1.82) is 0 Å². The number of ether oxygens (including phenoxy) is 1. The summed E-state index contributed by atoms with van der Waals surface area (Å²) in [4.78, 5) is 16.1. The highest BCUT2D eigenvalue weighted by Gasteiger charge is 2.04. The molecule has 1 aromatic heterocycles. The predicted octanol–water partition coefficient (Wildman–Crippen LogP) is 3.70. The van der Waals surface area contributed by atoms with Gasteiger partial charge in [-0.05, 0) is 30.5 Å². The van der Waals surface area contributed by atoms with E-state index in [4.69, 9.17) is 4.74 Å². The van der Waals surface area contributed by atoms with Crippen LogP contribution in [-0.2, 0) is 11.2 Å². The van der Waals surface area contributed by atoms with Crippen LogP contribution in [0.1, 0.15) is 42.5 Å². The molecule has 0 bridgehead atoms. The van der Waals surface area contributed by atoms with Gasteiger partial charge in [-0.3, -0.25) is 4.79 Å². The van der Waals surface area contributed by atoms with E-state index in [0.717, 1.165) is 22.9 Å². The molecule has 0 aliphatic heterocycles. The fraction of sp³-hybridized carbons (Fsp3) is 0.444. The molecule has 4 nitrogen and oxygen atoms in total. The minimum atomic E-state index is 0.00996. The monoisotopic (exact) mass is 332 g/mol. The Morgan fingerprint density at radius 3 is 2.65 bits per heavy atom. The van der Waals surface area contributed by atoms with Crippen LogP contribution < -0.4 is 10.1 Å². The molecule has 2 rings (SSSR count). The smallest absolute Gasteiger partial charge is 0.223 e. The first-order valence-corrected chi connectivity index (χ1v) is 8.83. The number of aromatic nitrogens is 1. The Labute approximate surface area is 141 Å². The lowest BCUT2D eigenvalue weighted by molar-refractivity contribution is -0.121. The normalized spacial score (nSPS) is 10.8. The summed E-state index contributed by atoms with van der Waals surface area (Å²) in [5, 5.41) is 5.99. The molecule has 0 aliphatic rings. The molecule has 1 heterocycles. The fourth-order valence-electron chi connectivity index (χ4n) is 2.15. The highest BCUT2D eigenvalue weighted by molar-refractivity contribution is 7.09. The number of rotatable bonds is 8. The average molecular weight is 332 g/mol. The number of benzene rings is 1. The van der Waals surface area contributed by atoms with Crippen molar-refractivity contribution in [2.45, 2.75) is 39.5 Å². The van der Waals surface area contributed by atoms with E-state index in [2.05, 4.69) is 36.3 Å². The summed E-state index contributed by atoms with van der Waals surface area (Å²) in [6.45, 7) is 7.31. The number of thiazole rings is 1. The summed E-state index contributed by atoms with van der Waals surface area (Å²) in [6.07, 6.45) is 1.13. The van der Waals surface area contributed by atoms with Crippen LogP contribution in [0.2, 0.25) is 0 Å². The van der Waals surface area contributed by atoms with Crippen molar-refractivity contribution >= 4 is 17.2 Å². The van der Waals surface area contributed by atoms with E-state index in [-0.39, 0.29) is 5.91 Å². The molecule has 0 spiro atoms. The summed E-state index contributed by atoms with van der Waals surface area (Å²) in [5.74, 6) is 1.33. The first kappa shape index (κ1) is 17.5. The van der Waals surface area contributed by atoms with E-state index in [1.54, 1.807) is 11.3 Å². The molecule has 0 aliphatic carbocycles. The van der Waals surface area contributed by atoms with Gasteiger partial charge >= 0.3 is 0 Å². The Morgan fingerprint density at radius 1 is 1.30 bits per heavy atom. The van der Waals surface area contributed by atoms with Gasteiger partial charge in [0, 0.05) is 18.3 Å². The minimum Gasteiger partial charge on any atom is -0.493 e. The first-order chi connectivity index (χ1) is 11.0. The van der Waals surface area contributed by atoms with E-state index in [1.165, 1.54) is 5.56 Å². The molecule has 0 radical (unpaired) electrons. The summed E-state index contributed by atoms with van der Waals surface area (Å²) in [5.41, 5.74) is 2.32. The van der Waals surface area contributed by atoms with Crippen molar-refractivity contribution in [2.24, 2.45) is 0 Å². The number of carbonyl (C=O) groups excluding carboxylic acids is 1. The third-order valence-electron chi connectivity index (χ3n) is 3.51. The number of carbonyl (C=O) groups is 1. The molecule has 0 atom stereocenters. The van der Waals surface area contributed by atoms with Crippen molar-refractivity contribution in [3.63, 3.8) is 0 Å². The number of amides is 1. The maximum atomic E-state index is 11.8.